The van der Waals surface area contributed by atoms with E-state index in [0.717, 1.165) is 51.7 Å². The fraction of sp³-hybridized carbons (Fsp3) is 0.257. The summed E-state index contributed by atoms with van der Waals surface area (Å²) in [6.45, 7) is -2.54. The van der Waals surface area contributed by atoms with Crippen LogP contribution in [0.1, 0.15) is 30.8 Å². The van der Waals surface area contributed by atoms with Crippen molar-refractivity contribution in [2.75, 3.05) is 74.3 Å². The maximum atomic E-state index is 7.97. The Morgan fingerprint density at radius 2 is 0.907 bits per heavy atom. The van der Waals surface area contributed by atoms with Crippen LogP contribution in [0.25, 0.3) is 11.1 Å². The van der Waals surface area contributed by atoms with Crippen LogP contribution in [-0.2, 0) is 0 Å². The van der Waals surface area contributed by atoms with Gasteiger partial charge in [0.1, 0.15) is 0 Å². The first-order valence-electron chi connectivity index (χ1n) is 17.5. The Morgan fingerprint density at radius 1 is 0.488 bits per heavy atom. The van der Waals surface area contributed by atoms with Gasteiger partial charge in [-0.2, -0.15) is 0 Å². The lowest BCUT2D eigenvalue weighted by Gasteiger charge is -2.26. The third kappa shape index (κ3) is 4.45. The molecule has 3 aromatic carbocycles. The van der Waals surface area contributed by atoms with E-state index < -0.39 is 14.0 Å². The van der Waals surface area contributed by atoms with Crippen LogP contribution >= 0.6 is 0 Å². The largest absolute Gasteiger partial charge is 0.361 e. The van der Waals surface area contributed by atoms with E-state index in [4.69, 9.17) is 8.22 Å². The maximum Gasteiger partial charge on any atom is 0.0938 e. The standard InChI is InChI=1S/C35H38N8/c1-36-9-13-40(22-36)27-5-7-31-32-8-6-28(41-14-10-37(2)23-41)21-34(32)35(33(31)20-27)26-17-29(42-15-11-38(3)24-42)19-30(18-26)43-16-12-39(4)25-43/h5-21,35H,22-25H2,1-4H3/i1D3,3D3. The van der Waals surface area contributed by atoms with Gasteiger partial charge in [-0.25, -0.2) is 0 Å². The smallest absolute Gasteiger partial charge is 0.0938 e. The monoisotopic (exact) mass is 576 g/mol. The SMILES string of the molecule is [2H]C([2H])([2H])N1C=CN(c2cc(C3c4cc(N5C=CN(C)C5)ccc4-c4ccc(N5C=CN(C([2H])([2H])[2H])C5)cc43)cc(N3C=CN(C)C3)c2)C1. The fourth-order valence-electron chi connectivity index (χ4n) is 6.64. The van der Waals surface area contributed by atoms with Crippen LogP contribution in [0.2, 0.25) is 0 Å². The average Bonchev–Trinajstić information content (AvgIpc) is 3.89. The molecule has 3 aromatic rings. The Hall–Kier alpha value is -4.98. The van der Waals surface area contributed by atoms with Gasteiger partial charge in [-0.15, -0.1) is 0 Å². The molecule has 0 fully saturated rings. The van der Waals surface area contributed by atoms with Crippen LogP contribution in [0.5, 0.6) is 0 Å². The van der Waals surface area contributed by atoms with Crippen molar-refractivity contribution in [2.24, 2.45) is 0 Å². The van der Waals surface area contributed by atoms with Gasteiger partial charge in [-0.3, -0.25) is 0 Å². The van der Waals surface area contributed by atoms with Crippen molar-refractivity contribution in [1.29, 1.82) is 0 Å². The van der Waals surface area contributed by atoms with E-state index in [1.807, 2.05) is 35.4 Å². The molecule has 218 valence electrons. The summed E-state index contributed by atoms with van der Waals surface area (Å²) >= 11 is 0. The highest BCUT2D eigenvalue weighted by atomic mass is 15.3. The number of hydrogen-bond donors (Lipinski definition) is 0. The molecule has 0 bridgehead atoms. The van der Waals surface area contributed by atoms with Crippen LogP contribution in [-0.4, -0.2) is 74.3 Å². The molecule has 0 saturated carbocycles. The summed E-state index contributed by atoms with van der Waals surface area (Å²) in [6.07, 6.45) is 15.2. The quantitative estimate of drug-likeness (QED) is 0.304. The number of anilines is 4. The van der Waals surface area contributed by atoms with Crippen molar-refractivity contribution in [3.8, 4) is 11.1 Å². The maximum absolute atomic E-state index is 7.97. The Kier molecular flexibility index (Phi) is 4.56. The third-order valence-electron chi connectivity index (χ3n) is 8.78. The molecule has 1 aliphatic carbocycles. The van der Waals surface area contributed by atoms with Gasteiger partial charge < -0.3 is 39.2 Å². The fourth-order valence-corrected chi connectivity index (χ4v) is 6.64. The first-order valence-corrected chi connectivity index (χ1v) is 14.5. The molecular formula is C35H38N8. The third-order valence-corrected chi connectivity index (χ3v) is 8.78. The van der Waals surface area contributed by atoms with Gasteiger partial charge in [-0.05, 0) is 70.3 Å². The summed E-state index contributed by atoms with van der Waals surface area (Å²) < 4.78 is 47.6. The molecule has 8 heteroatoms. The minimum atomic E-state index is -2.24. The van der Waals surface area contributed by atoms with E-state index >= 15 is 0 Å². The molecule has 1 atom stereocenters. The van der Waals surface area contributed by atoms with Crippen molar-refractivity contribution in [1.82, 2.24) is 19.6 Å². The Morgan fingerprint density at radius 3 is 1.30 bits per heavy atom. The molecule has 0 amide bonds. The van der Waals surface area contributed by atoms with Gasteiger partial charge in [0.05, 0.1) is 26.7 Å². The predicted octanol–water partition coefficient (Wildman–Crippen LogP) is 5.57. The molecule has 0 saturated heterocycles. The minimum absolute atomic E-state index is 0.132. The van der Waals surface area contributed by atoms with E-state index in [9.17, 15) is 0 Å². The summed E-state index contributed by atoms with van der Waals surface area (Å²) in [4.78, 5) is 15.4. The zero-order chi connectivity index (χ0) is 34.2. The lowest BCUT2D eigenvalue weighted by Crippen LogP contribution is -2.24. The highest BCUT2D eigenvalue weighted by molar-refractivity contribution is 5.85. The van der Waals surface area contributed by atoms with Gasteiger partial charge in [0, 0.05) is 115 Å². The summed E-state index contributed by atoms with van der Waals surface area (Å²) in [6, 6.07) is 19.6. The van der Waals surface area contributed by atoms with Crippen molar-refractivity contribution < 1.29 is 8.22 Å². The molecule has 0 radical (unpaired) electrons. The Bertz CT molecular complexity index is 1920. The minimum Gasteiger partial charge on any atom is -0.361 e. The van der Waals surface area contributed by atoms with Crippen LogP contribution < -0.4 is 19.6 Å². The van der Waals surface area contributed by atoms with Crippen molar-refractivity contribution in [3.63, 3.8) is 0 Å². The molecule has 0 spiro atoms. The molecule has 1 unspecified atom stereocenters. The number of rotatable bonds is 5. The molecule has 5 aliphatic rings. The molecule has 43 heavy (non-hydrogen) atoms. The van der Waals surface area contributed by atoms with E-state index in [-0.39, 0.29) is 19.3 Å². The lowest BCUT2D eigenvalue weighted by atomic mass is 9.88. The van der Waals surface area contributed by atoms with Crippen molar-refractivity contribution in [2.45, 2.75) is 5.92 Å². The second kappa shape index (κ2) is 9.80. The van der Waals surface area contributed by atoms with Crippen LogP contribution in [0.4, 0.5) is 22.7 Å². The van der Waals surface area contributed by atoms with Crippen LogP contribution in [0, 0.1) is 0 Å². The molecular weight excluding hydrogens is 532 g/mol. The van der Waals surface area contributed by atoms with Gasteiger partial charge >= 0.3 is 0 Å². The van der Waals surface area contributed by atoms with E-state index in [2.05, 4.69) is 99.8 Å². The zero-order valence-electron chi connectivity index (χ0n) is 30.3. The Labute approximate surface area is 262 Å². The first kappa shape index (κ1) is 20.0. The van der Waals surface area contributed by atoms with Crippen molar-refractivity contribution in [3.05, 3.63) is 121 Å². The number of nitrogens with zero attached hydrogens (tertiary/aromatic N) is 8. The number of benzene rings is 3. The molecule has 0 aromatic heterocycles. The van der Waals surface area contributed by atoms with Crippen LogP contribution in [0.3, 0.4) is 0 Å². The van der Waals surface area contributed by atoms with E-state index in [1.165, 1.54) is 15.4 Å². The predicted molar refractivity (Wildman–Crippen MR) is 176 cm³/mol. The molecule has 0 N–H and O–H groups in total. The summed E-state index contributed by atoms with van der Waals surface area (Å²) in [5, 5.41) is 0. The molecule has 4 heterocycles. The number of hydrogen-bond acceptors (Lipinski definition) is 8. The zero-order valence-corrected chi connectivity index (χ0v) is 24.3. The van der Waals surface area contributed by atoms with Crippen LogP contribution in [0.15, 0.2) is 104 Å². The van der Waals surface area contributed by atoms with Crippen molar-refractivity contribution >= 4 is 22.7 Å². The highest BCUT2D eigenvalue weighted by Crippen LogP contribution is 2.51. The summed E-state index contributed by atoms with van der Waals surface area (Å²) in [7, 11) is 4.09. The summed E-state index contributed by atoms with van der Waals surface area (Å²) in [5.74, 6) is -0.132. The highest BCUT2D eigenvalue weighted by Gasteiger charge is 2.33. The second-order valence-corrected chi connectivity index (χ2v) is 11.8. The molecule has 8 nitrogen and oxygen atoms in total. The molecule has 8 rings (SSSR count). The average molecular weight is 577 g/mol. The van der Waals surface area contributed by atoms with Gasteiger partial charge in [0.15, 0.2) is 0 Å². The lowest BCUT2D eigenvalue weighted by molar-refractivity contribution is 0.494. The first-order chi connectivity index (χ1) is 23.3. The van der Waals surface area contributed by atoms with Gasteiger partial charge in [-0.1, -0.05) is 12.1 Å². The number of fused-ring (bicyclic) bond motifs is 3. The topological polar surface area (TPSA) is 25.9 Å². The van der Waals surface area contributed by atoms with Gasteiger partial charge in [0.25, 0.3) is 0 Å². The van der Waals surface area contributed by atoms with E-state index in [0.29, 0.717) is 6.67 Å². The second-order valence-electron chi connectivity index (χ2n) is 11.8. The van der Waals surface area contributed by atoms with E-state index in [1.54, 1.807) is 12.4 Å². The normalized spacial score (nSPS) is 22.8. The molecule has 4 aliphatic heterocycles. The summed E-state index contributed by atoms with van der Waals surface area (Å²) in [5.41, 5.74) is 9.64. The van der Waals surface area contributed by atoms with Gasteiger partial charge in [0.2, 0.25) is 0 Å². The Balaban J connectivity index is 1.26.